The molecular weight excluding hydrogens is 170 g/mol. The molecule has 0 saturated carbocycles. The maximum absolute atomic E-state index is 5.31. The first-order valence-electron chi connectivity index (χ1n) is 2.02. The molecule has 0 rings (SSSR count). The monoisotopic (exact) mass is 174 g/mol. The molecule has 0 unspecified atom stereocenters. The van der Waals surface area contributed by atoms with Crippen LogP contribution >= 0.6 is 34.8 Å². The van der Waals surface area contributed by atoms with Gasteiger partial charge in [-0.25, -0.2) is 0 Å². The van der Waals surface area contributed by atoms with Crippen molar-refractivity contribution in [3.8, 4) is 0 Å². The molecule has 4 heteroatoms. The lowest BCUT2D eigenvalue weighted by molar-refractivity contribution is 0.255. The number of ether oxygens (including phenoxy) is 1. The molecular formula is C4H5Cl3O. The first-order valence-corrected chi connectivity index (χ1v) is 3.15. The van der Waals surface area contributed by atoms with E-state index < -0.39 is 0 Å². The predicted molar refractivity (Wildman–Crippen MR) is 36.2 cm³/mol. The summed E-state index contributed by atoms with van der Waals surface area (Å²) in [7, 11) is 0. The largest absolute Gasteiger partial charge is 0.482 e. The molecule has 0 aromatic heterocycles. The van der Waals surface area contributed by atoms with Gasteiger partial charge in [0.25, 0.3) is 0 Å². The summed E-state index contributed by atoms with van der Waals surface area (Å²) in [5, 5.41) is 0.0517. The normalized spacial score (nSPS) is 8.50. The number of halogens is 3. The van der Waals surface area contributed by atoms with Gasteiger partial charge in [0.1, 0.15) is 0 Å². The van der Waals surface area contributed by atoms with Crippen LogP contribution in [0.15, 0.2) is 9.71 Å². The summed E-state index contributed by atoms with van der Waals surface area (Å²) >= 11 is 15.7. The van der Waals surface area contributed by atoms with Crippen LogP contribution in [0.5, 0.6) is 0 Å². The molecule has 0 aromatic carbocycles. The van der Waals surface area contributed by atoms with Gasteiger partial charge in [-0.2, -0.15) is 0 Å². The zero-order valence-electron chi connectivity index (χ0n) is 4.25. The van der Waals surface area contributed by atoms with E-state index in [-0.39, 0.29) is 9.71 Å². The first kappa shape index (κ1) is 8.41. The van der Waals surface area contributed by atoms with E-state index in [1.807, 2.05) is 0 Å². The van der Waals surface area contributed by atoms with Gasteiger partial charge in [0.05, 0.1) is 6.61 Å². The average Bonchev–Trinajstić information content (AvgIpc) is 1.67. The Morgan fingerprint density at radius 3 is 2.00 bits per heavy atom. The molecule has 0 aliphatic carbocycles. The summed E-state index contributed by atoms with van der Waals surface area (Å²) in [5.41, 5.74) is 0. The maximum atomic E-state index is 5.31. The molecule has 0 bridgehead atoms. The topological polar surface area (TPSA) is 9.23 Å². The summed E-state index contributed by atoms with van der Waals surface area (Å²) in [6.45, 7) is 2.26. The molecule has 0 fully saturated rings. The van der Waals surface area contributed by atoms with E-state index in [0.717, 1.165) is 0 Å². The molecule has 0 aliphatic rings. The second kappa shape index (κ2) is 4.30. The van der Waals surface area contributed by atoms with Crippen LogP contribution in [0.2, 0.25) is 0 Å². The van der Waals surface area contributed by atoms with Crippen molar-refractivity contribution in [2.45, 2.75) is 6.92 Å². The lowest BCUT2D eigenvalue weighted by Crippen LogP contribution is -1.83. The van der Waals surface area contributed by atoms with Gasteiger partial charge in [-0.3, -0.25) is 0 Å². The Kier molecular flexibility index (Phi) is 4.53. The minimum Gasteiger partial charge on any atom is -0.482 e. The smallest absolute Gasteiger partial charge is 0.217 e. The van der Waals surface area contributed by atoms with Crippen LogP contribution < -0.4 is 0 Å². The fourth-order valence-corrected chi connectivity index (χ4v) is 0.399. The van der Waals surface area contributed by atoms with Gasteiger partial charge >= 0.3 is 0 Å². The third-order valence-electron chi connectivity index (χ3n) is 0.420. The Morgan fingerprint density at radius 1 is 1.38 bits per heavy atom. The van der Waals surface area contributed by atoms with Gasteiger partial charge < -0.3 is 4.74 Å². The number of hydrogen-bond donors (Lipinski definition) is 0. The van der Waals surface area contributed by atoms with Crippen LogP contribution in [0.25, 0.3) is 0 Å². The van der Waals surface area contributed by atoms with Crippen LogP contribution in [0.4, 0.5) is 0 Å². The van der Waals surface area contributed by atoms with Crippen molar-refractivity contribution in [2.75, 3.05) is 6.61 Å². The van der Waals surface area contributed by atoms with Crippen molar-refractivity contribution >= 4 is 34.8 Å². The second-order valence-electron chi connectivity index (χ2n) is 0.967. The fraction of sp³-hybridized carbons (Fsp3) is 0.500. The third-order valence-corrected chi connectivity index (χ3v) is 1.25. The SMILES string of the molecule is CCOC(Cl)=C(Cl)Cl. The summed E-state index contributed by atoms with van der Waals surface area (Å²) in [6, 6.07) is 0. The minimum atomic E-state index is -0.0338. The maximum Gasteiger partial charge on any atom is 0.217 e. The summed E-state index contributed by atoms with van der Waals surface area (Å²) < 4.78 is 4.65. The van der Waals surface area contributed by atoms with Crippen molar-refractivity contribution < 1.29 is 4.74 Å². The van der Waals surface area contributed by atoms with Crippen LogP contribution in [-0.2, 0) is 4.74 Å². The van der Waals surface area contributed by atoms with Gasteiger partial charge in [0.15, 0.2) is 4.49 Å². The highest BCUT2D eigenvalue weighted by Crippen LogP contribution is 2.17. The van der Waals surface area contributed by atoms with E-state index in [9.17, 15) is 0 Å². The first-order chi connectivity index (χ1) is 3.68. The van der Waals surface area contributed by atoms with E-state index in [0.29, 0.717) is 6.61 Å². The van der Waals surface area contributed by atoms with Crippen LogP contribution in [-0.4, -0.2) is 6.61 Å². The Morgan fingerprint density at radius 2 is 1.88 bits per heavy atom. The van der Waals surface area contributed by atoms with Gasteiger partial charge in [0, 0.05) is 0 Å². The van der Waals surface area contributed by atoms with Crippen molar-refractivity contribution in [1.82, 2.24) is 0 Å². The summed E-state index contributed by atoms with van der Waals surface area (Å²) in [4.78, 5) is 0. The molecule has 0 N–H and O–H groups in total. The lowest BCUT2D eigenvalue weighted by Gasteiger charge is -1.97. The van der Waals surface area contributed by atoms with Crippen LogP contribution in [0.1, 0.15) is 6.92 Å². The zero-order chi connectivity index (χ0) is 6.57. The molecule has 0 radical (unpaired) electrons. The minimum absolute atomic E-state index is 0.0338. The molecule has 0 saturated heterocycles. The molecule has 0 aromatic rings. The van der Waals surface area contributed by atoms with E-state index in [1.165, 1.54) is 0 Å². The Hall–Kier alpha value is 0.410. The summed E-state index contributed by atoms with van der Waals surface area (Å²) in [6.07, 6.45) is 0. The zero-order valence-corrected chi connectivity index (χ0v) is 6.52. The fourth-order valence-electron chi connectivity index (χ4n) is 0.181. The van der Waals surface area contributed by atoms with E-state index in [2.05, 4.69) is 4.74 Å². The van der Waals surface area contributed by atoms with Crippen molar-refractivity contribution in [1.29, 1.82) is 0 Å². The molecule has 1 nitrogen and oxygen atoms in total. The van der Waals surface area contributed by atoms with Crippen molar-refractivity contribution in [3.05, 3.63) is 9.71 Å². The van der Waals surface area contributed by atoms with Crippen molar-refractivity contribution in [2.24, 2.45) is 0 Å². The highest BCUT2D eigenvalue weighted by molar-refractivity contribution is 6.59. The molecule has 0 atom stereocenters. The highest BCUT2D eigenvalue weighted by atomic mass is 35.5. The quantitative estimate of drug-likeness (QED) is 0.587. The standard InChI is InChI=1S/C4H5Cl3O/c1-2-8-4(7)3(5)6/h2H2,1H3. The molecule has 0 aliphatic heterocycles. The predicted octanol–water partition coefficient (Wildman–Crippen LogP) is 2.87. The van der Waals surface area contributed by atoms with Gasteiger partial charge in [-0.1, -0.05) is 23.2 Å². The van der Waals surface area contributed by atoms with Crippen molar-refractivity contribution in [3.63, 3.8) is 0 Å². The Bertz CT molecular complexity index is 95.5. The number of hydrogen-bond acceptors (Lipinski definition) is 1. The molecule has 0 spiro atoms. The molecule has 0 amide bonds. The average molecular weight is 175 g/mol. The summed E-state index contributed by atoms with van der Waals surface area (Å²) in [5.74, 6) is 0. The third kappa shape index (κ3) is 3.42. The van der Waals surface area contributed by atoms with Gasteiger partial charge in [-0.15, -0.1) is 0 Å². The molecule has 48 valence electrons. The van der Waals surface area contributed by atoms with Crippen LogP contribution in [0, 0.1) is 0 Å². The van der Waals surface area contributed by atoms with Crippen LogP contribution in [0.3, 0.4) is 0 Å². The van der Waals surface area contributed by atoms with E-state index in [1.54, 1.807) is 6.92 Å². The Balaban J connectivity index is 3.62. The molecule has 0 heterocycles. The second-order valence-corrected chi connectivity index (χ2v) is 2.26. The van der Waals surface area contributed by atoms with Gasteiger partial charge in [-0.05, 0) is 18.5 Å². The number of rotatable bonds is 2. The Labute approximate surface area is 63.2 Å². The highest BCUT2D eigenvalue weighted by Gasteiger charge is 1.95. The van der Waals surface area contributed by atoms with E-state index in [4.69, 9.17) is 34.8 Å². The molecule has 8 heavy (non-hydrogen) atoms. The lowest BCUT2D eigenvalue weighted by atomic mass is 10.9. The van der Waals surface area contributed by atoms with Gasteiger partial charge in [0.2, 0.25) is 5.22 Å². The van der Waals surface area contributed by atoms with E-state index >= 15 is 0 Å².